The molecule has 0 spiro atoms. The fraction of sp³-hybridized carbons (Fsp3) is 0.208. The molecule has 1 unspecified atom stereocenters. The summed E-state index contributed by atoms with van der Waals surface area (Å²) in [7, 11) is 2.18. The number of esters is 2. The number of ketones is 2. The van der Waals surface area contributed by atoms with Crippen molar-refractivity contribution in [3.8, 4) is 34.5 Å². The molecule has 0 aliphatic heterocycles. The number of carbonyl (C=O) groups is 4. The second-order valence-electron chi connectivity index (χ2n) is 14.5. The number of hydrogen-bond acceptors (Lipinski definition) is 16. The zero-order valence-electron chi connectivity index (χ0n) is 37.0. The normalized spacial score (nSPS) is 12.2. The molecule has 5 aromatic rings. The lowest BCUT2D eigenvalue weighted by Crippen LogP contribution is -2.44. The molecule has 1 atom stereocenters. The van der Waals surface area contributed by atoms with E-state index in [0.717, 1.165) is 62.8 Å². The van der Waals surface area contributed by atoms with Crippen molar-refractivity contribution in [3.63, 3.8) is 0 Å². The maximum atomic E-state index is 13.4. The molecule has 372 valence electrons. The number of halogens is 6. The van der Waals surface area contributed by atoms with Crippen LogP contribution in [0.2, 0.25) is 0 Å². The fourth-order valence-corrected chi connectivity index (χ4v) is 5.95. The molecule has 0 aliphatic rings. The SMILES string of the molecule is CCC(O)O.COc1cc(C(=O)Oc2ccc(/C=C/C(=O)CC(c3cc(N)cc(N)c3)C(O)(O)C(=O)/C=C/c3ccc(OC(=O)c4ccc(OC(F)(F)F)c(OC)c4)cc3)cc2)ccc1OC(F)(F)F. The molecule has 0 aromatic heterocycles. The minimum Gasteiger partial charge on any atom is -0.493 e. The quantitative estimate of drug-likeness (QED) is 0.0124. The van der Waals surface area contributed by atoms with Gasteiger partial charge in [0.1, 0.15) is 11.5 Å². The maximum absolute atomic E-state index is 13.4. The van der Waals surface area contributed by atoms with E-state index in [1.165, 1.54) is 78.9 Å². The predicted octanol–water partition coefficient (Wildman–Crippen LogP) is 7.53. The summed E-state index contributed by atoms with van der Waals surface area (Å²) in [6.07, 6.45) is -6.79. The number of aliphatic hydroxyl groups excluding tert-OH is 1. The summed E-state index contributed by atoms with van der Waals surface area (Å²) in [5, 5.41) is 38.4. The minimum absolute atomic E-state index is 0.00373. The Balaban J connectivity index is 0.00000202. The Bertz CT molecular complexity index is 2660. The Morgan fingerprint density at radius 3 is 1.37 bits per heavy atom. The number of allylic oxidation sites excluding steroid dienone is 1. The van der Waals surface area contributed by atoms with E-state index in [-0.39, 0.29) is 51.1 Å². The highest BCUT2D eigenvalue weighted by Gasteiger charge is 2.43. The van der Waals surface area contributed by atoms with E-state index in [4.69, 9.17) is 40.6 Å². The van der Waals surface area contributed by atoms with Gasteiger partial charge in [-0.2, -0.15) is 0 Å². The second kappa shape index (κ2) is 23.9. The largest absolute Gasteiger partial charge is 0.573 e. The van der Waals surface area contributed by atoms with Crippen LogP contribution in [0.1, 0.15) is 63.1 Å². The lowest BCUT2D eigenvalue weighted by atomic mass is 9.83. The van der Waals surface area contributed by atoms with Gasteiger partial charge in [0.15, 0.2) is 35.1 Å². The molecule has 0 fully saturated rings. The first-order valence-electron chi connectivity index (χ1n) is 20.2. The van der Waals surface area contributed by atoms with Crippen molar-refractivity contribution in [1.29, 1.82) is 0 Å². The average Bonchev–Trinajstić information content (AvgIpc) is 3.29. The molecule has 0 amide bonds. The van der Waals surface area contributed by atoms with Crippen LogP contribution in [0, 0.1) is 0 Å². The highest BCUT2D eigenvalue weighted by atomic mass is 19.4. The monoisotopic (exact) mass is 986 g/mol. The van der Waals surface area contributed by atoms with Crippen LogP contribution in [0.15, 0.2) is 115 Å². The van der Waals surface area contributed by atoms with Crippen LogP contribution >= 0.6 is 0 Å². The van der Waals surface area contributed by atoms with Crippen LogP contribution in [-0.4, -0.2) is 83.0 Å². The topological polar surface area (TPSA) is 257 Å². The number of nitrogen functional groups attached to an aromatic ring is 2. The number of alkyl halides is 6. The van der Waals surface area contributed by atoms with Gasteiger partial charge in [-0.15, -0.1) is 26.3 Å². The highest BCUT2D eigenvalue weighted by molar-refractivity contribution is 6.01. The molecular formula is C48H44F6N2O14. The van der Waals surface area contributed by atoms with Crippen molar-refractivity contribution in [2.24, 2.45) is 0 Å². The average molecular weight is 987 g/mol. The number of hydrogen-bond donors (Lipinski definition) is 6. The molecule has 22 heteroatoms. The summed E-state index contributed by atoms with van der Waals surface area (Å²) in [5.74, 6) is -10.6. The number of ether oxygens (including phenoxy) is 6. The van der Waals surface area contributed by atoms with E-state index in [2.05, 4.69) is 9.47 Å². The third kappa shape index (κ3) is 16.7. The van der Waals surface area contributed by atoms with E-state index in [1.807, 2.05) is 0 Å². The zero-order chi connectivity index (χ0) is 52.0. The maximum Gasteiger partial charge on any atom is 0.573 e. The number of benzene rings is 5. The highest BCUT2D eigenvalue weighted by Crippen LogP contribution is 2.36. The van der Waals surface area contributed by atoms with E-state index in [1.54, 1.807) is 6.92 Å². The number of rotatable bonds is 18. The van der Waals surface area contributed by atoms with Gasteiger partial charge in [0, 0.05) is 17.8 Å². The van der Waals surface area contributed by atoms with Gasteiger partial charge in [0.2, 0.25) is 11.6 Å². The van der Waals surface area contributed by atoms with Crippen LogP contribution in [0.4, 0.5) is 37.7 Å². The smallest absolute Gasteiger partial charge is 0.493 e. The molecule has 0 radical (unpaired) electrons. The van der Waals surface area contributed by atoms with Gasteiger partial charge in [-0.05, 0) is 114 Å². The van der Waals surface area contributed by atoms with Crippen molar-refractivity contribution in [2.45, 2.75) is 50.5 Å². The molecule has 0 saturated carbocycles. The molecule has 5 aromatic carbocycles. The van der Waals surface area contributed by atoms with Crippen molar-refractivity contribution >= 4 is 47.0 Å². The van der Waals surface area contributed by atoms with E-state index in [0.29, 0.717) is 17.5 Å². The van der Waals surface area contributed by atoms with E-state index >= 15 is 0 Å². The van der Waals surface area contributed by atoms with Crippen LogP contribution in [0.3, 0.4) is 0 Å². The lowest BCUT2D eigenvalue weighted by molar-refractivity contribution is -0.276. The van der Waals surface area contributed by atoms with Gasteiger partial charge in [-0.3, -0.25) is 9.59 Å². The van der Waals surface area contributed by atoms with Gasteiger partial charge < -0.3 is 60.3 Å². The zero-order valence-corrected chi connectivity index (χ0v) is 37.0. The number of methoxy groups -OCH3 is 2. The second-order valence-corrected chi connectivity index (χ2v) is 14.5. The van der Waals surface area contributed by atoms with Crippen LogP contribution in [0.25, 0.3) is 12.2 Å². The summed E-state index contributed by atoms with van der Waals surface area (Å²) in [4.78, 5) is 52.1. The van der Waals surface area contributed by atoms with Gasteiger partial charge in [0.05, 0.1) is 31.3 Å². The number of anilines is 2. The Hall–Kier alpha value is -7.92. The molecule has 16 nitrogen and oxygen atoms in total. The Labute approximate surface area is 394 Å². The van der Waals surface area contributed by atoms with Crippen molar-refractivity contribution in [3.05, 3.63) is 143 Å². The molecule has 70 heavy (non-hydrogen) atoms. The Morgan fingerprint density at radius 1 is 0.600 bits per heavy atom. The van der Waals surface area contributed by atoms with Crippen molar-refractivity contribution in [2.75, 3.05) is 25.7 Å². The third-order valence-electron chi connectivity index (χ3n) is 9.34. The van der Waals surface area contributed by atoms with Gasteiger partial charge in [-0.25, -0.2) is 9.59 Å². The minimum atomic E-state index is -5.00. The predicted molar refractivity (Wildman–Crippen MR) is 239 cm³/mol. The molecule has 8 N–H and O–H groups in total. The summed E-state index contributed by atoms with van der Waals surface area (Å²) in [6.45, 7) is 1.70. The summed E-state index contributed by atoms with van der Waals surface area (Å²) < 4.78 is 104. The van der Waals surface area contributed by atoms with Gasteiger partial charge in [-0.1, -0.05) is 43.3 Å². The number of nitrogens with two attached hydrogens (primary N) is 2. The molecular weight excluding hydrogens is 943 g/mol. The first-order chi connectivity index (χ1) is 32.8. The van der Waals surface area contributed by atoms with Crippen molar-refractivity contribution < 1.29 is 94.4 Å². The molecule has 5 rings (SSSR count). The molecule has 0 saturated heterocycles. The lowest BCUT2D eigenvalue weighted by Gasteiger charge is -2.29. The Morgan fingerprint density at radius 2 is 1.00 bits per heavy atom. The van der Waals surface area contributed by atoms with Crippen LogP contribution < -0.4 is 39.9 Å². The fourth-order valence-electron chi connectivity index (χ4n) is 5.95. The molecule has 0 bridgehead atoms. The summed E-state index contributed by atoms with van der Waals surface area (Å²) in [6, 6.07) is 21.0. The summed E-state index contributed by atoms with van der Waals surface area (Å²) in [5.41, 5.74) is 12.6. The number of carbonyl (C=O) groups excluding carboxylic acids is 4. The molecule has 0 heterocycles. The van der Waals surface area contributed by atoms with Gasteiger partial charge >= 0.3 is 24.7 Å². The van der Waals surface area contributed by atoms with E-state index < -0.39 is 72.1 Å². The summed E-state index contributed by atoms with van der Waals surface area (Å²) >= 11 is 0. The molecule has 0 aliphatic carbocycles. The van der Waals surface area contributed by atoms with Crippen LogP contribution in [-0.2, 0) is 9.59 Å². The first kappa shape index (κ1) is 54.7. The van der Waals surface area contributed by atoms with Crippen LogP contribution in [0.5, 0.6) is 34.5 Å². The standard InChI is InChI=1S/C45H36F6N2O12.C3H8O2/c1-60-38-21-27(9-16-36(38)64-44(46,47)48)41(56)62-33-12-4-25(5-13-33)3-11-32(54)24-35(29-19-30(52)23-31(53)20-29)43(58,59)40(55)18-8-26-6-14-34(15-7-26)63-42(57)28-10-17-37(39(22-28)61-2)65-45(49,50)51;1-2-3(4)5/h3-23,35,58-59H,24,52-53H2,1-2H3;3-5H,2H2,1H3/b11-3+,18-8+;. The van der Waals surface area contributed by atoms with Crippen molar-refractivity contribution in [1.82, 2.24) is 0 Å². The van der Waals surface area contributed by atoms with E-state index in [9.17, 15) is 55.7 Å². The third-order valence-corrected chi connectivity index (χ3v) is 9.34. The Kier molecular flexibility index (Phi) is 18.7. The first-order valence-corrected chi connectivity index (χ1v) is 20.2. The van der Waals surface area contributed by atoms with Gasteiger partial charge in [0.25, 0.3) is 0 Å². The number of aliphatic hydroxyl groups is 4.